The zero-order chi connectivity index (χ0) is 12.2. The lowest BCUT2D eigenvalue weighted by Crippen LogP contribution is -2.23. The Labute approximate surface area is 95.7 Å². The standard InChI is InChI=1S/C13H15NO2/c1-10(15)8-13(2,9-14)11-6-4-5-7-12(11)16-3/h4-7H,8H2,1-3H3. The van der Waals surface area contributed by atoms with Crippen LogP contribution in [0, 0.1) is 11.3 Å². The lowest BCUT2D eigenvalue weighted by Gasteiger charge is -2.22. The van der Waals surface area contributed by atoms with Crippen molar-refractivity contribution in [3.05, 3.63) is 29.8 Å². The van der Waals surface area contributed by atoms with Gasteiger partial charge in [0.15, 0.2) is 0 Å². The highest BCUT2D eigenvalue weighted by Crippen LogP contribution is 2.34. The van der Waals surface area contributed by atoms with Crippen LogP contribution in [0.2, 0.25) is 0 Å². The molecule has 0 aliphatic carbocycles. The van der Waals surface area contributed by atoms with Gasteiger partial charge in [-0.2, -0.15) is 5.26 Å². The number of hydrogen-bond donors (Lipinski definition) is 0. The number of carbonyl (C=O) groups is 1. The largest absolute Gasteiger partial charge is 0.496 e. The second-order valence-corrected chi connectivity index (χ2v) is 4.02. The Morgan fingerprint density at radius 1 is 1.50 bits per heavy atom. The molecule has 3 nitrogen and oxygen atoms in total. The molecule has 0 saturated heterocycles. The molecule has 0 saturated carbocycles. The van der Waals surface area contributed by atoms with Crippen molar-refractivity contribution in [3.63, 3.8) is 0 Å². The topological polar surface area (TPSA) is 50.1 Å². The average Bonchev–Trinajstić information content (AvgIpc) is 2.28. The molecule has 0 bridgehead atoms. The summed E-state index contributed by atoms with van der Waals surface area (Å²) < 4.78 is 5.21. The molecule has 0 spiro atoms. The molecule has 1 aromatic rings. The zero-order valence-electron chi connectivity index (χ0n) is 9.78. The Hall–Kier alpha value is -1.82. The summed E-state index contributed by atoms with van der Waals surface area (Å²) >= 11 is 0. The predicted molar refractivity (Wildman–Crippen MR) is 61.3 cm³/mol. The van der Waals surface area contributed by atoms with Gasteiger partial charge >= 0.3 is 0 Å². The fourth-order valence-corrected chi connectivity index (χ4v) is 1.79. The Balaban J connectivity index is 3.23. The van der Waals surface area contributed by atoms with Gasteiger partial charge < -0.3 is 4.74 Å². The van der Waals surface area contributed by atoms with Gasteiger partial charge in [-0.1, -0.05) is 18.2 Å². The molecule has 1 unspecified atom stereocenters. The summed E-state index contributed by atoms with van der Waals surface area (Å²) in [5, 5.41) is 9.25. The molecule has 1 rings (SSSR count). The van der Waals surface area contributed by atoms with E-state index >= 15 is 0 Å². The molecule has 16 heavy (non-hydrogen) atoms. The monoisotopic (exact) mass is 217 g/mol. The number of methoxy groups -OCH3 is 1. The zero-order valence-corrected chi connectivity index (χ0v) is 9.78. The minimum atomic E-state index is -0.821. The van der Waals surface area contributed by atoms with Crippen LogP contribution in [0.1, 0.15) is 25.8 Å². The van der Waals surface area contributed by atoms with Crippen molar-refractivity contribution in [2.75, 3.05) is 7.11 Å². The van der Waals surface area contributed by atoms with Crippen LogP contribution in [-0.4, -0.2) is 12.9 Å². The molecular formula is C13H15NO2. The second kappa shape index (κ2) is 4.80. The highest BCUT2D eigenvalue weighted by molar-refractivity contribution is 5.78. The fraction of sp³-hybridized carbons (Fsp3) is 0.385. The van der Waals surface area contributed by atoms with Crippen LogP contribution in [0.3, 0.4) is 0 Å². The number of nitrogens with zero attached hydrogens (tertiary/aromatic N) is 1. The van der Waals surface area contributed by atoms with Crippen molar-refractivity contribution in [2.45, 2.75) is 25.7 Å². The number of hydrogen-bond acceptors (Lipinski definition) is 3. The number of ketones is 1. The number of para-hydroxylation sites is 1. The van der Waals surface area contributed by atoms with E-state index in [2.05, 4.69) is 6.07 Å². The number of benzene rings is 1. The number of nitriles is 1. The van der Waals surface area contributed by atoms with Crippen LogP contribution < -0.4 is 4.74 Å². The molecule has 0 aromatic heterocycles. The summed E-state index contributed by atoms with van der Waals surface area (Å²) in [5.74, 6) is 0.641. The minimum absolute atomic E-state index is 0.00467. The third-order valence-corrected chi connectivity index (χ3v) is 2.55. The van der Waals surface area contributed by atoms with Crippen molar-refractivity contribution in [1.82, 2.24) is 0 Å². The van der Waals surface area contributed by atoms with Crippen molar-refractivity contribution >= 4 is 5.78 Å². The van der Waals surface area contributed by atoms with E-state index in [9.17, 15) is 10.1 Å². The molecule has 0 aliphatic rings. The van der Waals surface area contributed by atoms with Gasteiger partial charge in [0.05, 0.1) is 18.6 Å². The van der Waals surface area contributed by atoms with Crippen molar-refractivity contribution in [3.8, 4) is 11.8 Å². The van der Waals surface area contributed by atoms with Gasteiger partial charge in [0.1, 0.15) is 11.5 Å². The van der Waals surface area contributed by atoms with E-state index < -0.39 is 5.41 Å². The quantitative estimate of drug-likeness (QED) is 0.778. The van der Waals surface area contributed by atoms with E-state index in [0.29, 0.717) is 5.75 Å². The maximum atomic E-state index is 11.2. The van der Waals surface area contributed by atoms with E-state index in [1.165, 1.54) is 6.92 Å². The van der Waals surface area contributed by atoms with Crippen LogP contribution in [0.25, 0.3) is 0 Å². The lowest BCUT2D eigenvalue weighted by molar-refractivity contribution is -0.117. The van der Waals surface area contributed by atoms with E-state index in [1.54, 1.807) is 20.1 Å². The van der Waals surface area contributed by atoms with E-state index in [4.69, 9.17) is 4.74 Å². The van der Waals surface area contributed by atoms with Crippen molar-refractivity contribution in [2.24, 2.45) is 0 Å². The average molecular weight is 217 g/mol. The molecule has 0 amide bonds. The number of rotatable bonds is 4. The Morgan fingerprint density at radius 2 is 2.12 bits per heavy atom. The maximum Gasteiger partial charge on any atom is 0.131 e. The van der Waals surface area contributed by atoms with E-state index in [0.717, 1.165) is 5.56 Å². The summed E-state index contributed by atoms with van der Waals surface area (Å²) in [4.78, 5) is 11.2. The van der Waals surface area contributed by atoms with Crippen LogP contribution in [0.5, 0.6) is 5.75 Å². The van der Waals surface area contributed by atoms with E-state index in [1.807, 2.05) is 18.2 Å². The summed E-state index contributed by atoms with van der Waals surface area (Å²) in [6.07, 6.45) is 0.198. The Bertz CT molecular complexity index is 434. The lowest BCUT2D eigenvalue weighted by atomic mass is 9.79. The number of Topliss-reactive ketones (excluding diaryl/α,β-unsaturated/α-hetero) is 1. The SMILES string of the molecule is COc1ccccc1C(C)(C#N)CC(C)=O. The van der Waals surface area contributed by atoms with Gasteiger partial charge in [-0.15, -0.1) is 0 Å². The number of ether oxygens (including phenoxy) is 1. The molecule has 0 radical (unpaired) electrons. The Kier molecular flexibility index (Phi) is 3.68. The van der Waals surface area contributed by atoms with Gasteiger partial charge in [0, 0.05) is 12.0 Å². The smallest absolute Gasteiger partial charge is 0.131 e. The van der Waals surface area contributed by atoms with Gasteiger partial charge in [-0.05, 0) is 19.9 Å². The first-order chi connectivity index (χ1) is 7.53. The molecule has 3 heteroatoms. The van der Waals surface area contributed by atoms with Gasteiger partial charge in [0.25, 0.3) is 0 Å². The molecule has 0 aliphatic heterocycles. The van der Waals surface area contributed by atoms with Gasteiger partial charge in [-0.25, -0.2) is 0 Å². The minimum Gasteiger partial charge on any atom is -0.496 e. The summed E-state index contributed by atoms with van der Waals surface area (Å²) in [7, 11) is 1.56. The van der Waals surface area contributed by atoms with Crippen molar-refractivity contribution < 1.29 is 9.53 Å². The molecule has 84 valence electrons. The normalized spacial score (nSPS) is 13.6. The Morgan fingerprint density at radius 3 is 2.62 bits per heavy atom. The maximum absolute atomic E-state index is 11.2. The molecule has 1 aromatic carbocycles. The first-order valence-corrected chi connectivity index (χ1v) is 5.07. The van der Waals surface area contributed by atoms with Crippen LogP contribution in [-0.2, 0) is 10.2 Å². The molecule has 0 heterocycles. The highest BCUT2D eigenvalue weighted by Gasteiger charge is 2.30. The van der Waals surface area contributed by atoms with Crippen LogP contribution in [0.15, 0.2) is 24.3 Å². The first-order valence-electron chi connectivity index (χ1n) is 5.07. The molecule has 0 fully saturated rings. The number of carbonyl (C=O) groups excluding carboxylic acids is 1. The summed E-state index contributed by atoms with van der Waals surface area (Å²) in [6.45, 7) is 3.25. The molecular weight excluding hydrogens is 202 g/mol. The third kappa shape index (κ3) is 2.40. The molecule has 1 atom stereocenters. The third-order valence-electron chi connectivity index (χ3n) is 2.55. The van der Waals surface area contributed by atoms with Gasteiger partial charge in [-0.3, -0.25) is 4.79 Å². The van der Waals surface area contributed by atoms with Gasteiger partial charge in [0.2, 0.25) is 0 Å². The second-order valence-electron chi connectivity index (χ2n) is 4.02. The first kappa shape index (κ1) is 12.3. The fourth-order valence-electron chi connectivity index (χ4n) is 1.79. The van der Waals surface area contributed by atoms with E-state index in [-0.39, 0.29) is 12.2 Å². The summed E-state index contributed by atoms with van der Waals surface area (Å²) in [6, 6.07) is 9.50. The van der Waals surface area contributed by atoms with Crippen LogP contribution in [0.4, 0.5) is 0 Å². The van der Waals surface area contributed by atoms with Crippen LogP contribution >= 0.6 is 0 Å². The highest BCUT2D eigenvalue weighted by atomic mass is 16.5. The predicted octanol–water partition coefficient (Wildman–Crippen LogP) is 2.46. The molecule has 0 N–H and O–H groups in total. The summed E-state index contributed by atoms with van der Waals surface area (Å²) in [5.41, 5.74) is -0.0616. The van der Waals surface area contributed by atoms with Crippen molar-refractivity contribution in [1.29, 1.82) is 5.26 Å².